The molecule has 0 radical (unpaired) electrons. The van der Waals surface area contributed by atoms with Crippen molar-refractivity contribution in [3.05, 3.63) is 59.7 Å². The Kier molecular flexibility index (Phi) is 4.76. The van der Waals surface area contributed by atoms with Crippen molar-refractivity contribution < 1.29 is 27.0 Å². The highest BCUT2D eigenvalue weighted by atomic mass is 32.2. The lowest BCUT2D eigenvalue weighted by Crippen LogP contribution is -1.98. The van der Waals surface area contributed by atoms with E-state index in [1.807, 2.05) is 0 Å². The van der Waals surface area contributed by atoms with E-state index in [4.69, 9.17) is 9.47 Å². The van der Waals surface area contributed by atoms with Crippen molar-refractivity contribution in [2.75, 3.05) is 14.2 Å². The molecule has 0 unspecified atom stereocenters. The number of methoxy groups -OCH3 is 2. The largest absolute Gasteiger partial charge is 0.496 e. The second-order valence-electron chi connectivity index (χ2n) is 5.06. The minimum Gasteiger partial charge on any atom is -0.496 e. The molecule has 0 N–H and O–H groups in total. The summed E-state index contributed by atoms with van der Waals surface area (Å²) in [6.07, 6.45) is 0. The van der Waals surface area contributed by atoms with Crippen LogP contribution in [0.25, 0.3) is 10.8 Å². The summed E-state index contributed by atoms with van der Waals surface area (Å²) in [5.74, 6) is -5.08. The molecule has 0 bridgehead atoms. The fraction of sp³-hybridized carbons (Fsp3) is 0.111. The lowest BCUT2D eigenvalue weighted by atomic mass is 10.1. The summed E-state index contributed by atoms with van der Waals surface area (Å²) in [6.45, 7) is 0. The van der Waals surface area contributed by atoms with Gasteiger partial charge in [-0.2, -0.15) is 0 Å². The number of halogens is 4. The fourth-order valence-electron chi connectivity index (χ4n) is 2.50. The number of benzene rings is 3. The minimum atomic E-state index is -1.46. The van der Waals surface area contributed by atoms with Crippen LogP contribution >= 0.6 is 11.8 Å². The quantitative estimate of drug-likeness (QED) is 0.443. The molecule has 0 heterocycles. The van der Waals surface area contributed by atoms with Gasteiger partial charge in [-0.15, -0.1) is 0 Å². The van der Waals surface area contributed by atoms with Crippen LogP contribution in [-0.4, -0.2) is 14.2 Å². The Morgan fingerprint density at radius 1 is 0.800 bits per heavy atom. The normalized spacial score (nSPS) is 11.0. The van der Waals surface area contributed by atoms with Crippen molar-refractivity contribution in [3.8, 4) is 11.5 Å². The molecule has 0 aliphatic rings. The molecule has 0 saturated heterocycles. The van der Waals surface area contributed by atoms with Gasteiger partial charge in [-0.1, -0.05) is 36.0 Å². The average molecular weight is 368 g/mol. The smallest absolute Gasteiger partial charge is 0.175 e. The zero-order valence-corrected chi connectivity index (χ0v) is 14.0. The number of ether oxygens (including phenoxy) is 2. The fourth-order valence-corrected chi connectivity index (χ4v) is 3.54. The lowest BCUT2D eigenvalue weighted by Gasteiger charge is -2.15. The summed E-state index contributed by atoms with van der Waals surface area (Å²) in [4.78, 5) is -0.519. The summed E-state index contributed by atoms with van der Waals surface area (Å²) in [6, 6.07) is 8.80. The highest BCUT2D eigenvalue weighted by molar-refractivity contribution is 7.99. The molecule has 3 aromatic carbocycles. The van der Waals surface area contributed by atoms with Gasteiger partial charge < -0.3 is 9.47 Å². The van der Waals surface area contributed by atoms with E-state index in [1.54, 1.807) is 24.3 Å². The van der Waals surface area contributed by atoms with Crippen LogP contribution in [-0.2, 0) is 0 Å². The predicted molar refractivity (Wildman–Crippen MR) is 87.4 cm³/mol. The molecule has 0 atom stereocenters. The highest BCUT2D eigenvalue weighted by Crippen LogP contribution is 2.45. The molecule has 0 fully saturated rings. The monoisotopic (exact) mass is 368 g/mol. The average Bonchev–Trinajstić information content (AvgIpc) is 2.62. The molecular formula is C18H12F4O2S. The molecule has 3 aromatic rings. The van der Waals surface area contributed by atoms with Crippen molar-refractivity contribution in [3.63, 3.8) is 0 Å². The van der Waals surface area contributed by atoms with Crippen LogP contribution in [0.5, 0.6) is 11.5 Å². The van der Waals surface area contributed by atoms with Crippen LogP contribution in [0.3, 0.4) is 0 Å². The van der Waals surface area contributed by atoms with Crippen molar-refractivity contribution in [1.82, 2.24) is 0 Å². The standard InChI is InChI=1S/C18H12F4O2S/c1-23-13-8-14(17(24-2)10-6-4-3-5-9(10)13)25-18-15(21)11(19)7-12(20)16(18)22/h3-8H,1-2H3. The van der Waals surface area contributed by atoms with E-state index in [0.29, 0.717) is 28.6 Å². The molecule has 0 aliphatic carbocycles. The van der Waals surface area contributed by atoms with Gasteiger partial charge in [0.25, 0.3) is 0 Å². The number of fused-ring (bicyclic) bond motifs is 1. The van der Waals surface area contributed by atoms with Crippen molar-refractivity contribution in [2.45, 2.75) is 9.79 Å². The highest BCUT2D eigenvalue weighted by Gasteiger charge is 2.23. The Hall–Kier alpha value is -2.41. The topological polar surface area (TPSA) is 18.5 Å². The van der Waals surface area contributed by atoms with E-state index in [2.05, 4.69) is 0 Å². The van der Waals surface area contributed by atoms with Crippen LogP contribution in [0.1, 0.15) is 0 Å². The third kappa shape index (κ3) is 3.00. The lowest BCUT2D eigenvalue weighted by molar-refractivity contribution is 0.401. The van der Waals surface area contributed by atoms with E-state index in [9.17, 15) is 17.6 Å². The maximum absolute atomic E-state index is 14.0. The van der Waals surface area contributed by atoms with E-state index in [0.717, 1.165) is 5.39 Å². The molecule has 25 heavy (non-hydrogen) atoms. The van der Waals surface area contributed by atoms with Gasteiger partial charge in [0.15, 0.2) is 23.3 Å². The number of rotatable bonds is 4. The third-order valence-electron chi connectivity index (χ3n) is 3.63. The van der Waals surface area contributed by atoms with E-state index in [-0.39, 0.29) is 11.0 Å². The third-order valence-corrected chi connectivity index (χ3v) is 4.72. The zero-order valence-electron chi connectivity index (χ0n) is 13.2. The summed E-state index contributed by atoms with van der Waals surface area (Å²) in [5.41, 5.74) is 0. The van der Waals surface area contributed by atoms with E-state index < -0.39 is 28.2 Å². The zero-order chi connectivity index (χ0) is 18.1. The Labute approximate surface area is 145 Å². The van der Waals surface area contributed by atoms with Crippen molar-refractivity contribution in [2.24, 2.45) is 0 Å². The molecule has 0 saturated carbocycles. The first-order valence-corrected chi connectivity index (χ1v) is 7.94. The van der Waals surface area contributed by atoms with Gasteiger partial charge in [0.05, 0.1) is 24.0 Å². The van der Waals surface area contributed by atoms with Crippen LogP contribution in [0.2, 0.25) is 0 Å². The summed E-state index contributed by atoms with van der Waals surface area (Å²) >= 11 is 0.530. The molecule has 2 nitrogen and oxygen atoms in total. The predicted octanol–water partition coefficient (Wildman–Crippen LogP) is 5.56. The molecule has 0 aliphatic heterocycles. The second kappa shape index (κ2) is 6.84. The molecular weight excluding hydrogens is 356 g/mol. The van der Waals surface area contributed by atoms with E-state index >= 15 is 0 Å². The SMILES string of the molecule is COc1cc(Sc2c(F)c(F)cc(F)c2F)c(OC)c2ccccc12. The Morgan fingerprint density at radius 2 is 1.40 bits per heavy atom. The molecule has 0 amide bonds. The number of hydrogen-bond donors (Lipinski definition) is 0. The van der Waals surface area contributed by atoms with Gasteiger partial charge in [-0.3, -0.25) is 0 Å². The summed E-state index contributed by atoms with van der Waals surface area (Å²) in [7, 11) is 2.85. The summed E-state index contributed by atoms with van der Waals surface area (Å²) < 4.78 is 65.5. The van der Waals surface area contributed by atoms with Gasteiger partial charge in [0.1, 0.15) is 11.5 Å². The Bertz CT molecular complexity index is 933. The van der Waals surface area contributed by atoms with Gasteiger partial charge in [-0.25, -0.2) is 17.6 Å². The van der Waals surface area contributed by atoms with Crippen LogP contribution in [0.15, 0.2) is 46.2 Å². The molecule has 7 heteroatoms. The number of hydrogen-bond acceptors (Lipinski definition) is 3. The van der Waals surface area contributed by atoms with E-state index in [1.165, 1.54) is 20.3 Å². The second-order valence-corrected chi connectivity index (χ2v) is 6.11. The molecule has 3 rings (SSSR count). The van der Waals surface area contributed by atoms with Crippen LogP contribution in [0.4, 0.5) is 17.6 Å². The first-order chi connectivity index (χ1) is 12.0. The van der Waals surface area contributed by atoms with Crippen LogP contribution < -0.4 is 9.47 Å². The minimum absolute atomic E-state index is 0.174. The first-order valence-electron chi connectivity index (χ1n) is 7.12. The van der Waals surface area contributed by atoms with Crippen molar-refractivity contribution in [1.29, 1.82) is 0 Å². The maximum atomic E-state index is 14.0. The molecule has 0 aromatic heterocycles. The van der Waals surface area contributed by atoms with Gasteiger partial charge >= 0.3 is 0 Å². The van der Waals surface area contributed by atoms with Gasteiger partial charge in [0.2, 0.25) is 0 Å². The Balaban J connectivity index is 2.24. The Morgan fingerprint density at radius 3 is 1.96 bits per heavy atom. The maximum Gasteiger partial charge on any atom is 0.175 e. The van der Waals surface area contributed by atoms with Crippen molar-refractivity contribution >= 4 is 22.5 Å². The molecule has 0 spiro atoms. The summed E-state index contributed by atoms with van der Waals surface area (Å²) in [5, 5.41) is 1.38. The van der Waals surface area contributed by atoms with Gasteiger partial charge in [0, 0.05) is 16.8 Å². The first kappa shape index (κ1) is 17.4. The molecule has 130 valence electrons. The van der Waals surface area contributed by atoms with Gasteiger partial charge in [-0.05, 0) is 6.07 Å². The van der Waals surface area contributed by atoms with Crippen LogP contribution in [0, 0.1) is 23.3 Å².